The molecule has 1 amide bonds. The average Bonchev–Trinajstić information content (AvgIpc) is 2.95. The van der Waals surface area contributed by atoms with Gasteiger partial charge >= 0.3 is 6.01 Å². The van der Waals surface area contributed by atoms with E-state index < -0.39 is 6.04 Å². The van der Waals surface area contributed by atoms with Gasteiger partial charge in [-0.1, -0.05) is 12.0 Å². The van der Waals surface area contributed by atoms with Gasteiger partial charge in [-0.25, -0.2) is 0 Å². The standard InChI is InChI=1S/C13H23N5O3/c1-3-4-14-9-11-16-17-13(21-11)15-10(2)12(19)18-5-7-20-8-6-18/h10,14H,3-9H2,1-2H3,(H,15,17). The first-order valence-corrected chi connectivity index (χ1v) is 7.37. The van der Waals surface area contributed by atoms with Crippen molar-refractivity contribution in [3.63, 3.8) is 0 Å². The van der Waals surface area contributed by atoms with Crippen LogP contribution in [0.5, 0.6) is 0 Å². The van der Waals surface area contributed by atoms with Gasteiger partial charge in [0.2, 0.25) is 11.8 Å². The molecule has 118 valence electrons. The fraction of sp³-hybridized carbons (Fsp3) is 0.769. The molecule has 1 atom stereocenters. The molecule has 0 saturated carbocycles. The lowest BCUT2D eigenvalue weighted by Crippen LogP contribution is -2.47. The number of carbonyl (C=O) groups is 1. The van der Waals surface area contributed by atoms with Crippen LogP contribution in [0.3, 0.4) is 0 Å². The van der Waals surface area contributed by atoms with E-state index in [1.807, 2.05) is 0 Å². The molecule has 1 fully saturated rings. The molecule has 0 spiro atoms. The summed E-state index contributed by atoms with van der Waals surface area (Å²) < 4.78 is 10.7. The fourth-order valence-electron chi connectivity index (χ4n) is 2.06. The van der Waals surface area contributed by atoms with Gasteiger partial charge < -0.3 is 24.7 Å². The number of nitrogens with zero attached hydrogens (tertiary/aromatic N) is 3. The monoisotopic (exact) mass is 297 g/mol. The Hall–Kier alpha value is -1.67. The van der Waals surface area contributed by atoms with Crippen LogP contribution in [0.2, 0.25) is 0 Å². The lowest BCUT2D eigenvalue weighted by atomic mass is 10.2. The molecule has 2 N–H and O–H groups in total. The Bertz CT molecular complexity index is 445. The summed E-state index contributed by atoms with van der Waals surface area (Å²) in [4.78, 5) is 14.0. The third-order valence-corrected chi connectivity index (χ3v) is 3.20. The quantitative estimate of drug-likeness (QED) is 0.696. The van der Waals surface area contributed by atoms with E-state index in [-0.39, 0.29) is 11.9 Å². The molecule has 8 heteroatoms. The SMILES string of the molecule is CCCNCc1nnc(NC(C)C(=O)N2CCOCC2)o1. The van der Waals surface area contributed by atoms with E-state index in [9.17, 15) is 4.79 Å². The van der Waals surface area contributed by atoms with Crippen molar-refractivity contribution in [2.45, 2.75) is 32.9 Å². The van der Waals surface area contributed by atoms with Gasteiger partial charge in [-0.3, -0.25) is 4.79 Å². The second-order valence-corrected chi connectivity index (χ2v) is 4.98. The van der Waals surface area contributed by atoms with Crippen LogP contribution in [0.4, 0.5) is 6.01 Å². The Morgan fingerprint density at radius 2 is 2.14 bits per heavy atom. The highest BCUT2D eigenvalue weighted by Gasteiger charge is 2.23. The highest BCUT2D eigenvalue weighted by Crippen LogP contribution is 2.09. The van der Waals surface area contributed by atoms with E-state index in [2.05, 4.69) is 27.8 Å². The number of hydrogen-bond acceptors (Lipinski definition) is 7. The Morgan fingerprint density at radius 1 is 1.38 bits per heavy atom. The minimum absolute atomic E-state index is 0.0159. The second-order valence-electron chi connectivity index (χ2n) is 4.98. The van der Waals surface area contributed by atoms with Crippen molar-refractivity contribution in [1.29, 1.82) is 0 Å². The van der Waals surface area contributed by atoms with Crippen LogP contribution >= 0.6 is 0 Å². The number of ether oxygens (including phenoxy) is 1. The Kier molecular flexibility index (Phi) is 5.94. The molecule has 0 aromatic carbocycles. The zero-order valence-corrected chi connectivity index (χ0v) is 12.6. The first-order valence-electron chi connectivity index (χ1n) is 7.37. The number of morpholine rings is 1. The van der Waals surface area contributed by atoms with Crippen LogP contribution < -0.4 is 10.6 Å². The van der Waals surface area contributed by atoms with Crippen LogP contribution in [-0.2, 0) is 16.1 Å². The highest BCUT2D eigenvalue weighted by atomic mass is 16.5. The van der Waals surface area contributed by atoms with E-state index >= 15 is 0 Å². The van der Waals surface area contributed by atoms with Gasteiger partial charge in [-0.2, -0.15) is 0 Å². The van der Waals surface area contributed by atoms with Crippen molar-refractivity contribution in [2.24, 2.45) is 0 Å². The van der Waals surface area contributed by atoms with E-state index in [4.69, 9.17) is 9.15 Å². The van der Waals surface area contributed by atoms with E-state index in [1.54, 1.807) is 11.8 Å². The molecule has 1 aliphatic heterocycles. The lowest BCUT2D eigenvalue weighted by molar-refractivity contribution is -0.135. The molecule has 1 aromatic heterocycles. The molecular formula is C13H23N5O3. The smallest absolute Gasteiger partial charge is 0.316 e. The van der Waals surface area contributed by atoms with Crippen molar-refractivity contribution in [1.82, 2.24) is 20.4 Å². The van der Waals surface area contributed by atoms with E-state index in [0.29, 0.717) is 38.7 Å². The van der Waals surface area contributed by atoms with Gasteiger partial charge in [-0.05, 0) is 19.9 Å². The molecule has 2 heterocycles. The maximum atomic E-state index is 12.2. The van der Waals surface area contributed by atoms with Crippen molar-refractivity contribution in [3.8, 4) is 0 Å². The minimum Gasteiger partial charge on any atom is -0.407 e. The van der Waals surface area contributed by atoms with E-state index in [0.717, 1.165) is 13.0 Å². The van der Waals surface area contributed by atoms with Crippen molar-refractivity contribution >= 4 is 11.9 Å². The average molecular weight is 297 g/mol. The predicted molar refractivity (Wildman–Crippen MR) is 76.8 cm³/mol. The number of nitrogens with one attached hydrogen (secondary N) is 2. The normalized spacial score (nSPS) is 16.8. The third-order valence-electron chi connectivity index (χ3n) is 3.20. The summed E-state index contributed by atoms with van der Waals surface area (Å²) in [5.74, 6) is 0.527. The van der Waals surface area contributed by atoms with Crippen molar-refractivity contribution in [3.05, 3.63) is 5.89 Å². The lowest BCUT2D eigenvalue weighted by Gasteiger charge is -2.29. The summed E-state index contributed by atoms with van der Waals surface area (Å²) in [6.07, 6.45) is 1.05. The maximum absolute atomic E-state index is 12.2. The molecule has 0 aliphatic carbocycles. The topological polar surface area (TPSA) is 92.5 Å². The van der Waals surface area contributed by atoms with Crippen LogP contribution in [0.15, 0.2) is 4.42 Å². The molecule has 1 unspecified atom stereocenters. The minimum atomic E-state index is -0.403. The number of carbonyl (C=O) groups excluding carboxylic acids is 1. The Balaban J connectivity index is 1.81. The molecular weight excluding hydrogens is 274 g/mol. The van der Waals surface area contributed by atoms with Crippen LogP contribution in [-0.4, -0.2) is 59.9 Å². The Labute approximate surface area is 124 Å². The number of aromatic nitrogens is 2. The molecule has 0 bridgehead atoms. The van der Waals surface area contributed by atoms with Gasteiger partial charge in [0.1, 0.15) is 6.04 Å². The molecule has 21 heavy (non-hydrogen) atoms. The summed E-state index contributed by atoms with van der Waals surface area (Å²) in [6.45, 7) is 7.75. The van der Waals surface area contributed by atoms with E-state index in [1.165, 1.54) is 0 Å². The summed E-state index contributed by atoms with van der Waals surface area (Å²) in [5.41, 5.74) is 0. The maximum Gasteiger partial charge on any atom is 0.316 e. The fourth-order valence-corrected chi connectivity index (χ4v) is 2.06. The van der Waals surface area contributed by atoms with Crippen LogP contribution in [0, 0.1) is 0 Å². The van der Waals surface area contributed by atoms with Crippen molar-refractivity contribution in [2.75, 3.05) is 38.2 Å². The van der Waals surface area contributed by atoms with Gasteiger partial charge in [0.25, 0.3) is 0 Å². The van der Waals surface area contributed by atoms with Gasteiger partial charge in [-0.15, -0.1) is 5.10 Å². The number of amides is 1. The van der Waals surface area contributed by atoms with Crippen molar-refractivity contribution < 1.29 is 13.9 Å². The first kappa shape index (κ1) is 15.7. The summed E-state index contributed by atoms with van der Waals surface area (Å²) in [6, 6.07) is -0.127. The Morgan fingerprint density at radius 3 is 2.86 bits per heavy atom. The summed E-state index contributed by atoms with van der Waals surface area (Å²) in [7, 11) is 0. The molecule has 2 rings (SSSR count). The van der Waals surface area contributed by atoms with Crippen LogP contribution in [0.1, 0.15) is 26.2 Å². The number of anilines is 1. The summed E-state index contributed by atoms with van der Waals surface area (Å²) >= 11 is 0. The zero-order valence-electron chi connectivity index (χ0n) is 12.6. The molecule has 1 aromatic rings. The zero-order chi connectivity index (χ0) is 15.1. The molecule has 0 radical (unpaired) electrons. The third kappa shape index (κ3) is 4.68. The number of rotatable bonds is 7. The second kappa shape index (κ2) is 7.94. The first-order chi connectivity index (χ1) is 10.2. The predicted octanol–water partition coefficient (Wildman–Crippen LogP) is 0.228. The summed E-state index contributed by atoms with van der Waals surface area (Å²) in [5, 5.41) is 14.0. The van der Waals surface area contributed by atoms with Gasteiger partial charge in [0.15, 0.2) is 0 Å². The van der Waals surface area contributed by atoms with Gasteiger partial charge in [0, 0.05) is 13.1 Å². The van der Waals surface area contributed by atoms with Crippen LogP contribution in [0.25, 0.3) is 0 Å². The number of hydrogen-bond donors (Lipinski definition) is 2. The molecule has 8 nitrogen and oxygen atoms in total. The molecule has 1 aliphatic rings. The molecule has 1 saturated heterocycles. The largest absolute Gasteiger partial charge is 0.407 e. The highest BCUT2D eigenvalue weighted by molar-refractivity contribution is 5.83. The van der Waals surface area contributed by atoms with Gasteiger partial charge in [0.05, 0.1) is 19.8 Å².